The highest BCUT2D eigenvalue weighted by Gasteiger charge is 2.52. The SMILES string of the molecule is [2H]c1nn(-c2ccc(B3OC(C)(C)C(C)(C)O3)nc2)c([2H])c1[2H]. The smallest absolute Gasteiger partial charge is 0.398 e. The molecule has 1 saturated heterocycles. The van der Waals surface area contributed by atoms with Gasteiger partial charge in [0.05, 0.1) is 32.8 Å². The lowest BCUT2D eigenvalue weighted by molar-refractivity contribution is 0.00578. The molecule has 2 aromatic heterocycles. The third-order valence-electron chi connectivity index (χ3n) is 3.88. The lowest BCUT2D eigenvalue weighted by Crippen LogP contribution is -2.41. The van der Waals surface area contributed by atoms with E-state index in [1.807, 2.05) is 27.7 Å². The highest BCUT2D eigenvalue weighted by molar-refractivity contribution is 6.61. The summed E-state index contributed by atoms with van der Waals surface area (Å²) >= 11 is 0. The van der Waals surface area contributed by atoms with Crippen molar-refractivity contribution in [3.05, 3.63) is 36.7 Å². The van der Waals surface area contributed by atoms with Crippen molar-refractivity contribution >= 4 is 12.7 Å². The van der Waals surface area contributed by atoms with Gasteiger partial charge >= 0.3 is 7.12 Å². The molecule has 0 aromatic carbocycles. The minimum Gasteiger partial charge on any atom is -0.398 e. The van der Waals surface area contributed by atoms with Gasteiger partial charge < -0.3 is 9.31 Å². The van der Waals surface area contributed by atoms with Gasteiger partial charge in [-0.25, -0.2) is 4.68 Å². The molecule has 3 rings (SSSR count). The molecule has 1 aliphatic rings. The van der Waals surface area contributed by atoms with Gasteiger partial charge in [0, 0.05) is 12.3 Å². The highest BCUT2D eigenvalue weighted by Crippen LogP contribution is 2.36. The monoisotopic (exact) mass is 274 g/mol. The first-order valence-corrected chi connectivity index (χ1v) is 6.47. The second-order valence-electron chi connectivity index (χ2n) is 5.79. The summed E-state index contributed by atoms with van der Waals surface area (Å²) in [5.74, 6) is 0. The van der Waals surface area contributed by atoms with Crippen molar-refractivity contribution in [2.75, 3.05) is 0 Å². The average Bonchev–Trinajstić information content (AvgIpc) is 2.86. The summed E-state index contributed by atoms with van der Waals surface area (Å²) < 4.78 is 35.9. The Morgan fingerprint density at radius 1 is 1.20 bits per heavy atom. The maximum absolute atomic E-state index is 7.79. The van der Waals surface area contributed by atoms with Gasteiger partial charge in [0.25, 0.3) is 0 Å². The largest absolute Gasteiger partial charge is 0.514 e. The van der Waals surface area contributed by atoms with Gasteiger partial charge in [-0.1, -0.05) is 0 Å². The van der Waals surface area contributed by atoms with Crippen LogP contribution in [0.3, 0.4) is 0 Å². The normalized spacial score (nSPS) is 22.4. The third kappa shape index (κ3) is 2.15. The van der Waals surface area contributed by atoms with Crippen molar-refractivity contribution in [2.24, 2.45) is 0 Å². The maximum Gasteiger partial charge on any atom is 0.514 e. The van der Waals surface area contributed by atoms with E-state index in [9.17, 15) is 0 Å². The Morgan fingerprint density at radius 3 is 2.40 bits per heavy atom. The summed E-state index contributed by atoms with van der Waals surface area (Å²) in [6.45, 7) is 7.90. The van der Waals surface area contributed by atoms with Gasteiger partial charge in [0.15, 0.2) is 0 Å². The number of aromatic nitrogens is 3. The van der Waals surface area contributed by atoms with Crippen molar-refractivity contribution in [3.63, 3.8) is 0 Å². The zero-order valence-electron chi connectivity index (χ0n) is 15.0. The van der Waals surface area contributed by atoms with Crippen LogP contribution in [0.4, 0.5) is 0 Å². The molecular weight excluding hydrogens is 253 g/mol. The van der Waals surface area contributed by atoms with Gasteiger partial charge in [-0.3, -0.25) is 4.98 Å². The van der Waals surface area contributed by atoms with Crippen LogP contribution in [0.1, 0.15) is 31.8 Å². The number of rotatable bonds is 2. The number of nitrogens with zero attached hydrogens (tertiary/aromatic N) is 3. The van der Waals surface area contributed by atoms with Crippen LogP contribution < -0.4 is 5.59 Å². The molecule has 1 fully saturated rings. The molecule has 20 heavy (non-hydrogen) atoms. The molecule has 6 heteroatoms. The average molecular weight is 274 g/mol. The Labute approximate surface area is 123 Å². The summed E-state index contributed by atoms with van der Waals surface area (Å²) in [7, 11) is -0.555. The first-order valence-electron chi connectivity index (χ1n) is 7.97. The van der Waals surface area contributed by atoms with Crippen LogP contribution in [0, 0.1) is 0 Å². The van der Waals surface area contributed by atoms with Crippen LogP contribution in [0.2, 0.25) is 0 Å². The fourth-order valence-electron chi connectivity index (χ4n) is 1.93. The van der Waals surface area contributed by atoms with Crippen LogP contribution in [0.25, 0.3) is 5.69 Å². The second kappa shape index (κ2) is 4.43. The van der Waals surface area contributed by atoms with Crippen molar-refractivity contribution in [1.29, 1.82) is 0 Å². The Bertz CT molecular complexity index is 730. The van der Waals surface area contributed by atoms with Crippen LogP contribution in [-0.4, -0.2) is 33.1 Å². The fraction of sp³-hybridized carbons (Fsp3) is 0.429. The second-order valence-corrected chi connectivity index (χ2v) is 5.79. The van der Waals surface area contributed by atoms with Crippen molar-refractivity contribution in [2.45, 2.75) is 38.9 Å². The van der Waals surface area contributed by atoms with E-state index in [1.54, 1.807) is 12.1 Å². The predicted molar refractivity (Wildman–Crippen MR) is 77.1 cm³/mol. The molecule has 0 radical (unpaired) electrons. The minimum atomic E-state index is -0.555. The molecule has 0 spiro atoms. The summed E-state index contributed by atoms with van der Waals surface area (Å²) in [4.78, 5) is 4.33. The van der Waals surface area contributed by atoms with Gasteiger partial charge in [-0.05, 0) is 45.9 Å². The van der Waals surface area contributed by atoms with Gasteiger partial charge in [-0.2, -0.15) is 5.10 Å². The molecule has 0 atom stereocenters. The Morgan fingerprint density at radius 2 is 1.90 bits per heavy atom. The molecule has 0 unspecified atom stereocenters. The minimum absolute atomic E-state index is 0.139. The molecule has 0 saturated carbocycles. The maximum atomic E-state index is 7.79. The first kappa shape index (κ1) is 10.1. The summed E-state index contributed by atoms with van der Waals surface area (Å²) in [5, 5.41) is 3.86. The lowest BCUT2D eigenvalue weighted by atomic mass is 9.84. The molecule has 2 aromatic rings. The first-order chi connectivity index (χ1) is 10.6. The Kier molecular flexibility index (Phi) is 2.24. The lowest BCUT2D eigenvalue weighted by Gasteiger charge is -2.32. The topological polar surface area (TPSA) is 49.2 Å². The molecule has 5 nitrogen and oxygen atoms in total. The van der Waals surface area contributed by atoms with E-state index in [1.165, 1.54) is 10.9 Å². The molecule has 0 aliphatic carbocycles. The third-order valence-corrected chi connectivity index (χ3v) is 3.88. The van der Waals surface area contributed by atoms with Crippen LogP contribution in [-0.2, 0) is 9.31 Å². The van der Waals surface area contributed by atoms with Crippen molar-refractivity contribution in [1.82, 2.24) is 14.8 Å². The van der Waals surface area contributed by atoms with Crippen molar-refractivity contribution < 1.29 is 13.4 Å². The van der Waals surface area contributed by atoms with Gasteiger partial charge in [-0.15, -0.1) is 0 Å². The molecule has 104 valence electrons. The molecular formula is C14H18BN3O2. The Hall–Kier alpha value is -1.66. The zero-order chi connectivity index (χ0) is 17.0. The highest BCUT2D eigenvalue weighted by atomic mass is 16.7. The van der Waals surface area contributed by atoms with Crippen LogP contribution in [0.5, 0.6) is 0 Å². The van der Waals surface area contributed by atoms with E-state index in [0.29, 0.717) is 11.3 Å². The Balaban J connectivity index is 1.88. The molecule has 3 heterocycles. The number of pyridine rings is 1. The fourth-order valence-corrected chi connectivity index (χ4v) is 1.93. The molecule has 0 N–H and O–H groups in total. The quantitative estimate of drug-likeness (QED) is 0.780. The van der Waals surface area contributed by atoms with Crippen molar-refractivity contribution in [3.8, 4) is 5.69 Å². The molecule has 0 bridgehead atoms. The number of hydrogen-bond acceptors (Lipinski definition) is 4. The molecule has 0 amide bonds. The van der Waals surface area contributed by atoms with E-state index in [0.717, 1.165) is 0 Å². The van der Waals surface area contributed by atoms with Gasteiger partial charge in [0.1, 0.15) is 0 Å². The molecule has 1 aliphatic heterocycles. The predicted octanol–water partition coefficient (Wildman–Crippen LogP) is 1.57. The van der Waals surface area contributed by atoms with E-state index in [4.69, 9.17) is 13.4 Å². The number of hydrogen-bond donors (Lipinski definition) is 0. The van der Waals surface area contributed by atoms with E-state index in [2.05, 4.69) is 10.1 Å². The van der Waals surface area contributed by atoms with Crippen LogP contribution >= 0.6 is 0 Å². The van der Waals surface area contributed by atoms with Crippen LogP contribution in [0.15, 0.2) is 36.7 Å². The van der Waals surface area contributed by atoms with E-state index >= 15 is 0 Å². The standard InChI is InChI=1S/C14H18BN3O2/c1-13(2)14(3,4)20-15(19-13)12-7-6-11(10-16-12)18-9-5-8-17-18/h5-10H,1-4H3/i5D,8D,9D. The van der Waals surface area contributed by atoms with Gasteiger partial charge in [0.2, 0.25) is 0 Å². The summed E-state index contributed by atoms with van der Waals surface area (Å²) in [6.07, 6.45) is 1.16. The summed E-state index contributed by atoms with van der Waals surface area (Å²) in [5.41, 5.74) is 0.272. The zero-order valence-corrected chi connectivity index (χ0v) is 12.0. The summed E-state index contributed by atoms with van der Waals surface area (Å²) in [6, 6.07) is 3.25. The van der Waals surface area contributed by atoms with E-state index < -0.39 is 18.3 Å². The van der Waals surface area contributed by atoms with E-state index in [-0.39, 0.29) is 18.4 Å².